The lowest BCUT2D eigenvalue weighted by Crippen LogP contribution is -2.32. The SMILES string of the molecule is COc1ccc(Br)cc1C(N)CC(=O)NN. The highest BCUT2D eigenvalue weighted by atomic mass is 79.9. The van der Waals surface area contributed by atoms with Crippen molar-refractivity contribution in [3.05, 3.63) is 28.2 Å². The molecular weight excluding hydrogens is 274 g/mol. The van der Waals surface area contributed by atoms with Gasteiger partial charge in [-0.2, -0.15) is 0 Å². The molecule has 0 aliphatic carbocycles. The molecule has 0 heterocycles. The van der Waals surface area contributed by atoms with E-state index in [1.807, 2.05) is 17.6 Å². The summed E-state index contributed by atoms with van der Waals surface area (Å²) in [6.45, 7) is 0. The predicted molar refractivity (Wildman–Crippen MR) is 64.6 cm³/mol. The van der Waals surface area contributed by atoms with E-state index in [2.05, 4.69) is 15.9 Å². The number of benzene rings is 1. The van der Waals surface area contributed by atoms with Gasteiger partial charge in [0.2, 0.25) is 5.91 Å². The van der Waals surface area contributed by atoms with Crippen LogP contribution in [0.25, 0.3) is 0 Å². The Morgan fingerprint density at radius 1 is 1.62 bits per heavy atom. The fraction of sp³-hybridized carbons (Fsp3) is 0.300. The van der Waals surface area contributed by atoms with Crippen molar-refractivity contribution < 1.29 is 9.53 Å². The lowest BCUT2D eigenvalue weighted by Gasteiger charge is -2.15. The largest absolute Gasteiger partial charge is 0.496 e. The summed E-state index contributed by atoms with van der Waals surface area (Å²) in [5, 5.41) is 0. The van der Waals surface area contributed by atoms with Crippen LogP contribution in [0.5, 0.6) is 5.75 Å². The second kappa shape index (κ2) is 5.83. The summed E-state index contributed by atoms with van der Waals surface area (Å²) in [7, 11) is 1.56. The molecule has 0 aliphatic rings. The monoisotopic (exact) mass is 287 g/mol. The van der Waals surface area contributed by atoms with Crippen LogP contribution in [0.15, 0.2) is 22.7 Å². The van der Waals surface area contributed by atoms with E-state index in [4.69, 9.17) is 16.3 Å². The van der Waals surface area contributed by atoms with Crippen molar-refractivity contribution in [2.45, 2.75) is 12.5 Å². The third-order valence-electron chi connectivity index (χ3n) is 2.16. The number of amides is 1. The van der Waals surface area contributed by atoms with Gasteiger partial charge in [0.25, 0.3) is 0 Å². The molecule has 1 rings (SSSR count). The van der Waals surface area contributed by atoms with E-state index in [-0.39, 0.29) is 12.3 Å². The van der Waals surface area contributed by atoms with Crippen LogP contribution in [0.4, 0.5) is 0 Å². The molecule has 6 heteroatoms. The van der Waals surface area contributed by atoms with E-state index in [0.29, 0.717) is 5.75 Å². The van der Waals surface area contributed by atoms with Gasteiger partial charge in [0.1, 0.15) is 5.75 Å². The van der Waals surface area contributed by atoms with Gasteiger partial charge >= 0.3 is 0 Å². The molecule has 1 unspecified atom stereocenters. The van der Waals surface area contributed by atoms with Gasteiger partial charge in [-0.1, -0.05) is 15.9 Å². The predicted octanol–water partition coefficient (Wildman–Crippen LogP) is 0.837. The summed E-state index contributed by atoms with van der Waals surface area (Å²) < 4.78 is 6.05. The second-order valence-electron chi connectivity index (χ2n) is 3.26. The third kappa shape index (κ3) is 3.19. The molecule has 0 aromatic heterocycles. The molecule has 0 saturated heterocycles. The Hall–Kier alpha value is -1.11. The molecule has 0 fully saturated rings. The Morgan fingerprint density at radius 3 is 2.88 bits per heavy atom. The van der Waals surface area contributed by atoms with Crippen molar-refractivity contribution in [2.75, 3.05) is 7.11 Å². The van der Waals surface area contributed by atoms with Gasteiger partial charge in [-0.05, 0) is 18.2 Å². The lowest BCUT2D eigenvalue weighted by molar-refractivity contribution is -0.121. The number of hydrogen-bond donors (Lipinski definition) is 3. The maximum Gasteiger partial charge on any atom is 0.235 e. The zero-order chi connectivity index (χ0) is 12.1. The van der Waals surface area contributed by atoms with Gasteiger partial charge in [0.05, 0.1) is 7.11 Å². The van der Waals surface area contributed by atoms with E-state index < -0.39 is 6.04 Å². The molecule has 0 spiro atoms. The average molecular weight is 288 g/mol. The van der Waals surface area contributed by atoms with E-state index in [9.17, 15) is 4.79 Å². The maximum atomic E-state index is 11.1. The smallest absolute Gasteiger partial charge is 0.235 e. The fourth-order valence-corrected chi connectivity index (χ4v) is 1.74. The normalized spacial score (nSPS) is 12.0. The van der Waals surface area contributed by atoms with Gasteiger partial charge in [0, 0.05) is 22.5 Å². The molecule has 1 aromatic rings. The number of carbonyl (C=O) groups excluding carboxylic acids is 1. The molecule has 5 N–H and O–H groups in total. The number of rotatable bonds is 4. The molecule has 0 radical (unpaired) electrons. The molecule has 1 amide bonds. The molecule has 1 atom stereocenters. The lowest BCUT2D eigenvalue weighted by atomic mass is 10.0. The first-order valence-electron chi connectivity index (χ1n) is 4.67. The van der Waals surface area contributed by atoms with Crippen molar-refractivity contribution in [1.29, 1.82) is 0 Å². The first-order valence-corrected chi connectivity index (χ1v) is 5.46. The van der Waals surface area contributed by atoms with Crippen LogP contribution in [0, 0.1) is 0 Å². The van der Waals surface area contributed by atoms with Crippen LogP contribution in [-0.2, 0) is 4.79 Å². The molecule has 88 valence electrons. The minimum Gasteiger partial charge on any atom is -0.496 e. The van der Waals surface area contributed by atoms with E-state index in [1.54, 1.807) is 13.2 Å². The third-order valence-corrected chi connectivity index (χ3v) is 2.65. The summed E-state index contributed by atoms with van der Waals surface area (Å²) in [6.07, 6.45) is 0.114. The Labute approximate surface area is 102 Å². The molecule has 16 heavy (non-hydrogen) atoms. The molecular formula is C10H14BrN3O2. The first kappa shape index (κ1) is 13.0. The van der Waals surface area contributed by atoms with E-state index in [0.717, 1.165) is 10.0 Å². The van der Waals surface area contributed by atoms with Crippen molar-refractivity contribution in [3.8, 4) is 5.75 Å². The van der Waals surface area contributed by atoms with Crippen molar-refractivity contribution in [1.82, 2.24) is 5.43 Å². The van der Waals surface area contributed by atoms with E-state index >= 15 is 0 Å². The van der Waals surface area contributed by atoms with Gasteiger partial charge in [0.15, 0.2) is 0 Å². The van der Waals surface area contributed by atoms with Gasteiger partial charge in [-0.15, -0.1) is 0 Å². The summed E-state index contributed by atoms with van der Waals surface area (Å²) in [5.74, 6) is 5.35. The number of hydrazine groups is 1. The minimum atomic E-state index is -0.448. The van der Waals surface area contributed by atoms with Gasteiger partial charge < -0.3 is 10.5 Å². The quantitative estimate of drug-likeness (QED) is 0.435. The fourth-order valence-electron chi connectivity index (χ4n) is 1.36. The molecule has 5 nitrogen and oxygen atoms in total. The van der Waals surface area contributed by atoms with E-state index in [1.165, 1.54) is 0 Å². The highest BCUT2D eigenvalue weighted by Gasteiger charge is 2.15. The molecule has 0 bridgehead atoms. The first-order chi connectivity index (χ1) is 7.58. The van der Waals surface area contributed by atoms with Crippen LogP contribution < -0.4 is 21.7 Å². The summed E-state index contributed by atoms with van der Waals surface area (Å²) in [4.78, 5) is 11.1. The standard InChI is InChI=1S/C10H14BrN3O2/c1-16-9-3-2-6(11)4-7(9)8(12)5-10(15)14-13/h2-4,8H,5,12-13H2,1H3,(H,14,15). The molecule has 1 aromatic carbocycles. The maximum absolute atomic E-state index is 11.1. The van der Waals surface area contributed by atoms with Crippen molar-refractivity contribution >= 4 is 21.8 Å². The molecule has 0 saturated carbocycles. The zero-order valence-electron chi connectivity index (χ0n) is 8.87. The number of nitrogens with two attached hydrogens (primary N) is 2. The summed E-state index contributed by atoms with van der Waals surface area (Å²) in [5.41, 5.74) is 8.71. The van der Waals surface area contributed by atoms with Gasteiger partial charge in [-0.25, -0.2) is 5.84 Å². The Morgan fingerprint density at radius 2 is 2.31 bits per heavy atom. The Bertz CT molecular complexity index is 384. The number of hydrogen-bond acceptors (Lipinski definition) is 4. The Kier molecular flexibility index (Phi) is 4.72. The van der Waals surface area contributed by atoms with Crippen LogP contribution in [0.3, 0.4) is 0 Å². The van der Waals surface area contributed by atoms with Crippen LogP contribution in [0.2, 0.25) is 0 Å². The topological polar surface area (TPSA) is 90.4 Å². The van der Waals surface area contributed by atoms with Crippen molar-refractivity contribution in [2.24, 2.45) is 11.6 Å². The number of carbonyl (C=O) groups is 1. The highest BCUT2D eigenvalue weighted by molar-refractivity contribution is 9.10. The van der Waals surface area contributed by atoms with Crippen LogP contribution in [0.1, 0.15) is 18.0 Å². The average Bonchev–Trinajstić information content (AvgIpc) is 2.28. The highest BCUT2D eigenvalue weighted by Crippen LogP contribution is 2.28. The number of halogens is 1. The van der Waals surface area contributed by atoms with Crippen molar-refractivity contribution in [3.63, 3.8) is 0 Å². The minimum absolute atomic E-state index is 0.114. The number of ether oxygens (including phenoxy) is 1. The number of nitrogens with one attached hydrogen (secondary N) is 1. The van der Waals surface area contributed by atoms with Gasteiger partial charge in [-0.3, -0.25) is 10.2 Å². The number of methoxy groups -OCH3 is 1. The second-order valence-corrected chi connectivity index (χ2v) is 4.18. The summed E-state index contributed by atoms with van der Waals surface area (Å²) >= 11 is 3.34. The Balaban J connectivity index is 2.92. The van der Waals surface area contributed by atoms with Crippen LogP contribution in [-0.4, -0.2) is 13.0 Å². The molecule has 0 aliphatic heterocycles. The van der Waals surface area contributed by atoms with Crippen LogP contribution >= 0.6 is 15.9 Å². The zero-order valence-corrected chi connectivity index (χ0v) is 10.5. The summed E-state index contributed by atoms with van der Waals surface area (Å²) in [6, 6.07) is 5.02.